The zero-order valence-electron chi connectivity index (χ0n) is 37.9. The first-order valence-corrected chi connectivity index (χ1v) is 22.3. The lowest BCUT2D eigenvalue weighted by Gasteiger charge is -2.29. The Morgan fingerprint density at radius 2 is 1.69 bits per heavy atom. The van der Waals surface area contributed by atoms with Crippen molar-refractivity contribution in [1.82, 2.24) is 41.1 Å². The lowest BCUT2D eigenvalue weighted by Crippen LogP contribution is -2.38. The quantitative estimate of drug-likeness (QED) is 0.0851. The smallest absolute Gasteiger partial charge is 0.251 e. The number of carbonyl (C=O) groups excluding carboxylic acids is 5. The second kappa shape index (κ2) is 21.2. The Kier molecular flexibility index (Phi) is 15.9. The Hall–Kier alpha value is -5.58. The van der Waals surface area contributed by atoms with Gasteiger partial charge in [0.15, 0.2) is 13.8 Å². The van der Waals surface area contributed by atoms with Crippen LogP contribution in [0.3, 0.4) is 0 Å². The van der Waals surface area contributed by atoms with Gasteiger partial charge in [-0.1, -0.05) is 35.5 Å². The third kappa shape index (κ3) is 13.3. The van der Waals surface area contributed by atoms with Crippen LogP contribution >= 0.6 is 0 Å². The van der Waals surface area contributed by atoms with E-state index in [1.807, 2.05) is 46.1 Å². The van der Waals surface area contributed by atoms with E-state index in [1.54, 1.807) is 40.0 Å². The Bertz CT molecular complexity index is 2250. The van der Waals surface area contributed by atoms with Crippen LogP contribution in [0.5, 0.6) is 0 Å². The molecule has 0 spiro atoms. The van der Waals surface area contributed by atoms with Crippen molar-refractivity contribution in [3.63, 3.8) is 0 Å². The molecule has 65 heavy (non-hydrogen) atoms. The fraction of sp³-hybridized carbons (Fsp3) is 0.565. The maximum absolute atomic E-state index is 14.0. The number of nitrogens with one attached hydrogen (secondary N) is 4. The Morgan fingerprint density at radius 1 is 0.969 bits per heavy atom. The molecule has 2 fully saturated rings. The minimum Gasteiger partial charge on any atom is -0.375 e. The Labute approximate surface area is 379 Å². The van der Waals surface area contributed by atoms with Crippen LogP contribution in [0, 0.1) is 29.1 Å². The summed E-state index contributed by atoms with van der Waals surface area (Å²) < 4.78 is 41.7. The molecule has 4 N–H and O–H groups in total. The summed E-state index contributed by atoms with van der Waals surface area (Å²) >= 11 is 0. The van der Waals surface area contributed by atoms with E-state index >= 15 is 0 Å². The van der Waals surface area contributed by atoms with E-state index in [2.05, 4.69) is 45.3 Å². The molecule has 0 radical (unpaired) electrons. The first-order valence-electron chi connectivity index (χ1n) is 22.3. The maximum atomic E-state index is 14.0. The van der Waals surface area contributed by atoms with Crippen molar-refractivity contribution >= 4 is 37.4 Å². The summed E-state index contributed by atoms with van der Waals surface area (Å²) in [6.45, 7) is 11.4. The maximum Gasteiger partial charge on any atom is 0.251 e. The number of ketones is 1. The highest BCUT2D eigenvalue weighted by molar-refractivity contribution is 6.04. The summed E-state index contributed by atoms with van der Waals surface area (Å²) in [5.74, 6) is -7.89. The molecule has 2 aromatic carbocycles. The largest absolute Gasteiger partial charge is 0.375 e. The van der Waals surface area contributed by atoms with Crippen LogP contribution in [0.25, 0.3) is 11.3 Å². The summed E-state index contributed by atoms with van der Waals surface area (Å²) in [4.78, 5) is 66.3. The molecule has 2 aliphatic heterocycles. The van der Waals surface area contributed by atoms with Crippen LogP contribution in [0.4, 0.5) is 8.78 Å². The molecule has 1 unspecified atom stereocenters. The van der Waals surface area contributed by atoms with Crippen molar-refractivity contribution in [2.75, 3.05) is 32.8 Å². The number of hydrogen-bond acceptors (Lipinski definition) is 11. The first kappa shape index (κ1) is 48.9. The summed E-state index contributed by atoms with van der Waals surface area (Å²) in [7, 11) is 1.92. The number of alkyl halides is 2. The fourth-order valence-corrected chi connectivity index (χ4v) is 8.57. The van der Waals surface area contributed by atoms with Crippen molar-refractivity contribution < 1.29 is 42.2 Å². The number of rotatable bonds is 22. The molecule has 6 rings (SSSR count). The van der Waals surface area contributed by atoms with Crippen molar-refractivity contribution in [2.24, 2.45) is 17.8 Å². The van der Waals surface area contributed by atoms with Gasteiger partial charge in [0.25, 0.3) is 5.91 Å². The van der Waals surface area contributed by atoms with Crippen LogP contribution in [0.2, 0.25) is 0 Å². The van der Waals surface area contributed by atoms with Crippen LogP contribution in [0.15, 0.2) is 48.7 Å². The van der Waals surface area contributed by atoms with Crippen LogP contribution in [-0.4, -0.2) is 113 Å². The van der Waals surface area contributed by atoms with Gasteiger partial charge in [-0.15, -0.1) is 5.10 Å². The number of benzene rings is 2. The lowest BCUT2D eigenvalue weighted by molar-refractivity contribution is -0.135. The predicted molar refractivity (Wildman–Crippen MR) is 237 cm³/mol. The number of nitrogens with zero attached hydrogens (tertiary/aromatic N) is 5. The molecule has 4 amide bonds. The number of amides is 4. The molecule has 19 heteroatoms. The summed E-state index contributed by atoms with van der Waals surface area (Å²) in [6.07, 6.45) is 2.10. The molecular weight excluding hydrogens is 839 g/mol. The van der Waals surface area contributed by atoms with Gasteiger partial charge in [0.1, 0.15) is 5.69 Å². The molecule has 3 aliphatic rings. The van der Waals surface area contributed by atoms with E-state index in [9.17, 15) is 38.0 Å². The molecule has 3 aromatic rings. The van der Waals surface area contributed by atoms with Gasteiger partial charge in [0.05, 0.1) is 55.2 Å². The highest BCUT2D eigenvalue weighted by atomic mass is 19.3. The molecule has 1 aromatic heterocycles. The van der Waals surface area contributed by atoms with Crippen molar-refractivity contribution in [3.8, 4) is 17.3 Å². The average molecular weight is 900 g/mol. The van der Waals surface area contributed by atoms with E-state index < -0.39 is 59.9 Å². The van der Waals surface area contributed by atoms with Gasteiger partial charge in [-0.3, -0.25) is 24.0 Å². The standard InChI is InChI=1S/C46H60BF2N9O7/c1-44(2,13-15-53-47)65-19-14-45(3,4)64-18-12-39(59)51-16-17-52-42(62)30-10-8-29(9-11-30)38-28-58(56-55-38)26-32-7-5-6-31-25-57(27-36(31)32)40(60)21-33-20-37(54-43(33)63)41(61)35-23-46(48,49)22-34(35)24-50/h5-11,28,33-35,37,53H,12-23,25-27,47H2,1-4H3,(H,51,59)(H,52,62)(H,54,63)/t33-,34-,35?,37-/m0/s1. The van der Waals surface area contributed by atoms with Gasteiger partial charge < -0.3 is 35.6 Å². The number of carbonyl (C=O) groups is 5. The normalized spacial score (nSPS) is 20.3. The molecule has 3 heterocycles. The number of aromatic nitrogens is 3. The number of ether oxygens (including phenoxy) is 2. The van der Waals surface area contributed by atoms with Crippen molar-refractivity contribution in [2.45, 2.75) is 115 Å². The SMILES string of the molecule is BNCCC(C)(C)OCCC(C)(C)OCCC(=O)NCCNC(=O)c1ccc(-c2cn(Cc3cccc4c3CN(C(=O)C[C@@H]3C[C@@H](C(=O)C5CC(F)(F)C[C@H]5C#N)NC3=O)C4)nn2)cc1. The average Bonchev–Trinajstić information content (AvgIpc) is 4.07. The van der Waals surface area contributed by atoms with E-state index in [1.165, 1.54) is 0 Å². The van der Waals surface area contributed by atoms with Gasteiger partial charge in [0, 0.05) is 74.8 Å². The van der Waals surface area contributed by atoms with E-state index in [0.29, 0.717) is 43.9 Å². The lowest BCUT2D eigenvalue weighted by atomic mass is 9.87. The zero-order valence-corrected chi connectivity index (χ0v) is 37.9. The van der Waals surface area contributed by atoms with Gasteiger partial charge >= 0.3 is 0 Å². The van der Waals surface area contributed by atoms with Gasteiger partial charge in [0.2, 0.25) is 23.6 Å². The minimum absolute atomic E-state index is 0.0202. The van der Waals surface area contributed by atoms with E-state index in [0.717, 1.165) is 35.2 Å². The molecule has 4 atom stereocenters. The van der Waals surface area contributed by atoms with Crippen molar-refractivity contribution in [3.05, 3.63) is 70.9 Å². The van der Waals surface area contributed by atoms with E-state index in [4.69, 9.17) is 9.47 Å². The predicted octanol–water partition coefficient (Wildman–Crippen LogP) is 3.23. The summed E-state index contributed by atoms with van der Waals surface area (Å²) in [6, 6.07) is 13.6. The topological polar surface area (TPSA) is 210 Å². The monoisotopic (exact) mass is 899 g/mol. The third-order valence-corrected chi connectivity index (χ3v) is 12.5. The van der Waals surface area contributed by atoms with Gasteiger partial charge in [-0.2, -0.15) is 5.26 Å². The third-order valence-electron chi connectivity index (χ3n) is 12.5. The number of halogens is 2. The number of nitriles is 1. The Balaban J connectivity index is 0.908. The molecule has 16 nitrogen and oxygen atoms in total. The highest BCUT2D eigenvalue weighted by Gasteiger charge is 2.52. The Morgan fingerprint density at radius 3 is 2.43 bits per heavy atom. The highest BCUT2D eigenvalue weighted by Crippen LogP contribution is 2.44. The van der Waals surface area contributed by atoms with Gasteiger partial charge in [-0.25, -0.2) is 13.5 Å². The van der Waals surface area contributed by atoms with Crippen LogP contribution in [0.1, 0.15) is 99.7 Å². The zero-order chi connectivity index (χ0) is 46.9. The first-order chi connectivity index (χ1) is 30.9. The molecular formula is C46H60BF2N9O7. The molecule has 348 valence electrons. The van der Waals surface area contributed by atoms with E-state index in [-0.39, 0.29) is 62.3 Å². The van der Waals surface area contributed by atoms with Crippen LogP contribution in [-0.2, 0) is 48.3 Å². The van der Waals surface area contributed by atoms with Crippen LogP contribution < -0.4 is 21.2 Å². The van der Waals surface area contributed by atoms with Crippen molar-refractivity contribution in [1.29, 1.82) is 5.26 Å². The molecule has 1 saturated carbocycles. The molecule has 0 bridgehead atoms. The number of hydrogen-bond donors (Lipinski definition) is 4. The minimum atomic E-state index is -3.10. The number of Topliss-reactive ketones (excluding diaryl/α,β-unsaturated/α-hetero) is 1. The second-order valence-corrected chi connectivity index (χ2v) is 18.6. The molecule has 1 aliphatic carbocycles. The molecule has 1 saturated heterocycles. The number of fused-ring (bicyclic) bond motifs is 1. The summed E-state index contributed by atoms with van der Waals surface area (Å²) in [5.41, 5.74) is 4.01. The fourth-order valence-electron chi connectivity index (χ4n) is 8.57. The summed E-state index contributed by atoms with van der Waals surface area (Å²) in [5, 5.41) is 29.4. The van der Waals surface area contributed by atoms with Gasteiger partial charge in [-0.05, 0) is 82.3 Å². The second-order valence-electron chi connectivity index (χ2n) is 18.6.